The van der Waals surface area contributed by atoms with Crippen molar-refractivity contribution in [2.75, 3.05) is 0 Å². The minimum Gasteiger partial charge on any atom is -0.385 e. The molecule has 0 aromatic heterocycles. The Kier molecular flexibility index (Phi) is 3.53. The van der Waals surface area contributed by atoms with Gasteiger partial charge in [0.2, 0.25) is 0 Å². The molecule has 3 N–H and O–H groups in total. The molecule has 0 radical (unpaired) electrons. The second kappa shape index (κ2) is 4.29. The fourth-order valence-corrected chi connectivity index (χ4v) is 1.52. The quantitative estimate of drug-likeness (QED) is 0.761. The number of hydrogen-bond donors (Lipinski definition) is 2. The summed E-state index contributed by atoms with van der Waals surface area (Å²) in [6.45, 7) is 3.51. The summed E-state index contributed by atoms with van der Waals surface area (Å²) in [4.78, 5) is 0.619. The van der Waals surface area contributed by atoms with Crippen LogP contribution < -0.4 is 5.14 Å². The van der Waals surface area contributed by atoms with Gasteiger partial charge in [-0.15, -0.1) is 0 Å². The maximum absolute atomic E-state index is 13.1. The van der Waals surface area contributed by atoms with Crippen molar-refractivity contribution in [1.29, 1.82) is 0 Å². The fraction of sp³-hybridized carbons (Fsp3) is 0.400. The molecule has 1 atom stereocenters. The molecule has 0 aliphatic heterocycles. The van der Waals surface area contributed by atoms with Crippen LogP contribution in [0.5, 0.6) is 0 Å². The highest BCUT2D eigenvalue weighted by atomic mass is 32.2. The van der Waals surface area contributed by atoms with Crippen molar-refractivity contribution < 1.29 is 9.50 Å². The Morgan fingerprint density at radius 1 is 1.50 bits per heavy atom. The molecular weight excluding hydrogens is 201 g/mol. The fourth-order valence-electron chi connectivity index (χ4n) is 1.15. The molecule has 0 spiro atoms. The first-order chi connectivity index (χ1) is 6.49. The topological polar surface area (TPSA) is 46.2 Å². The lowest BCUT2D eigenvalue weighted by atomic mass is 9.93. The van der Waals surface area contributed by atoms with Crippen LogP contribution in [-0.2, 0) is 5.60 Å². The lowest BCUT2D eigenvalue weighted by Crippen LogP contribution is -2.19. The summed E-state index contributed by atoms with van der Waals surface area (Å²) in [5.74, 6) is -0.371. The average Bonchev–Trinajstić information content (AvgIpc) is 2.16. The summed E-state index contributed by atoms with van der Waals surface area (Å²) in [7, 11) is 0. The van der Waals surface area contributed by atoms with Gasteiger partial charge in [-0.05, 0) is 49.1 Å². The first kappa shape index (κ1) is 11.5. The van der Waals surface area contributed by atoms with E-state index in [1.807, 2.05) is 6.92 Å². The Morgan fingerprint density at radius 3 is 2.64 bits per heavy atom. The van der Waals surface area contributed by atoms with Gasteiger partial charge in [0.25, 0.3) is 0 Å². The number of aliphatic hydroxyl groups is 1. The zero-order valence-corrected chi connectivity index (χ0v) is 9.07. The van der Waals surface area contributed by atoms with Crippen molar-refractivity contribution in [1.82, 2.24) is 0 Å². The highest BCUT2D eigenvalue weighted by Gasteiger charge is 2.21. The first-order valence-corrected chi connectivity index (χ1v) is 5.27. The van der Waals surface area contributed by atoms with E-state index in [1.165, 1.54) is 12.1 Å². The van der Waals surface area contributed by atoms with Crippen LogP contribution in [0.15, 0.2) is 23.1 Å². The standard InChI is InChI=1S/C10H14FNOS/c1-3-10(2,13)7-4-8(11)6-9(5-7)14-12/h4-6,13H,3,12H2,1-2H3. The maximum Gasteiger partial charge on any atom is 0.124 e. The molecule has 14 heavy (non-hydrogen) atoms. The number of benzene rings is 1. The van der Waals surface area contributed by atoms with Crippen LogP contribution in [0.3, 0.4) is 0 Å². The molecule has 0 aliphatic carbocycles. The van der Waals surface area contributed by atoms with Gasteiger partial charge in [0.15, 0.2) is 0 Å². The predicted molar refractivity (Wildman–Crippen MR) is 56.3 cm³/mol. The summed E-state index contributed by atoms with van der Waals surface area (Å²) in [6, 6.07) is 4.39. The molecule has 1 aromatic carbocycles. The second-order valence-electron chi connectivity index (χ2n) is 3.42. The van der Waals surface area contributed by atoms with Crippen molar-refractivity contribution in [3.8, 4) is 0 Å². The lowest BCUT2D eigenvalue weighted by molar-refractivity contribution is 0.0525. The number of halogens is 1. The molecule has 0 amide bonds. The molecule has 0 fully saturated rings. The number of nitrogens with two attached hydrogens (primary N) is 1. The Balaban J connectivity index is 3.15. The van der Waals surface area contributed by atoms with Crippen LogP contribution in [-0.4, -0.2) is 5.11 Å². The van der Waals surface area contributed by atoms with Crippen molar-refractivity contribution in [3.05, 3.63) is 29.6 Å². The molecule has 0 heterocycles. The summed E-state index contributed by atoms with van der Waals surface area (Å²) in [5.41, 5.74) is -0.431. The number of rotatable bonds is 3. The number of hydrogen-bond acceptors (Lipinski definition) is 3. The van der Waals surface area contributed by atoms with E-state index in [0.717, 1.165) is 11.9 Å². The first-order valence-electron chi connectivity index (χ1n) is 4.40. The van der Waals surface area contributed by atoms with Crippen molar-refractivity contribution >= 4 is 11.9 Å². The van der Waals surface area contributed by atoms with E-state index in [1.54, 1.807) is 13.0 Å². The predicted octanol–water partition coefficient (Wildman–Crippen LogP) is 2.41. The lowest BCUT2D eigenvalue weighted by Gasteiger charge is -2.22. The molecule has 2 nitrogen and oxygen atoms in total. The van der Waals surface area contributed by atoms with Crippen LogP contribution in [0.2, 0.25) is 0 Å². The highest BCUT2D eigenvalue weighted by Crippen LogP contribution is 2.27. The highest BCUT2D eigenvalue weighted by molar-refractivity contribution is 7.97. The SMILES string of the molecule is CCC(C)(O)c1cc(F)cc(SN)c1. The van der Waals surface area contributed by atoms with Crippen molar-refractivity contribution in [2.24, 2.45) is 5.14 Å². The monoisotopic (exact) mass is 215 g/mol. The van der Waals surface area contributed by atoms with Crippen LogP contribution in [0.25, 0.3) is 0 Å². The maximum atomic E-state index is 13.1. The minimum atomic E-state index is -0.993. The molecule has 1 rings (SSSR count). The molecular formula is C10H14FNOS. The molecule has 78 valence electrons. The largest absolute Gasteiger partial charge is 0.385 e. The normalized spacial score (nSPS) is 15.2. The van der Waals surface area contributed by atoms with Gasteiger partial charge in [-0.2, -0.15) is 0 Å². The Bertz CT molecular complexity index is 328. The van der Waals surface area contributed by atoms with E-state index in [-0.39, 0.29) is 5.82 Å². The Morgan fingerprint density at radius 2 is 2.14 bits per heavy atom. The molecule has 0 aliphatic rings. The Labute approximate surface area is 87.4 Å². The minimum absolute atomic E-state index is 0.371. The second-order valence-corrected chi connectivity index (χ2v) is 4.13. The zero-order valence-electron chi connectivity index (χ0n) is 8.25. The Hall–Kier alpha value is -0.580. The van der Waals surface area contributed by atoms with Gasteiger partial charge >= 0.3 is 0 Å². The molecule has 0 saturated heterocycles. The van der Waals surface area contributed by atoms with E-state index >= 15 is 0 Å². The summed E-state index contributed by atoms with van der Waals surface area (Å²) in [5, 5.41) is 15.3. The van der Waals surface area contributed by atoms with E-state index in [0.29, 0.717) is 16.9 Å². The van der Waals surface area contributed by atoms with Crippen LogP contribution >= 0.6 is 11.9 Å². The van der Waals surface area contributed by atoms with Gasteiger partial charge in [0.1, 0.15) is 5.82 Å². The smallest absolute Gasteiger partial charge is 0.124 e. The van der Waals surface area contributed by atoms with Gasteiger partial charge in [-0.3, -0.25) is 5.14 Å². The average molecular weight is 215 g/mol. The van der Waals surface area contributed by atoms with E-state index in [4.69, 9.17) is 5.14 Å². The van der Waals surface area contributed by atoms with Gasteiger partial charge in [0, 0.05) is 4.90 Å². The van der Waals surface area contributed by atoms with Crippen LogP contribution in [0.4, 0.5) is 4.39 Å². The molecule has 0 saturated carbocycles. The third-order valence-electron chi connectivity index (χ3n) is 2.32. The zero-order chi connectivity index (χ0) is 10.8. The van der Waals surface area contributed by atoms with Crippen molar-refractivity contribution in [3.63, 3.8) is 0 Å². The third kappa shape index (κ3) is 2.47. The molecule has 1 aromatic rings. The van der Waals surface area contributed by atoms with E-state index < -0.39 is 5.60 Å². The van der Waals surface area contributed by atoms with Crippen LogP contribution in [0, 0.1) is 5.82 Å². The van der Waals surface area contributed by atoms with Gasteiger partial charge in [0.05, 0.1) is 5.60 Å². The van der Waals surface area contributed by atoms with Gasteiger partial charge in [-0.1, -0.05) is 6.92 Å². The van der Waals surface area contributed by atoms with Crippen molar-refractivity contribution in [2.45, 2.75) is 30.8 Å². The third-order valence-corrected chi connectivity index (χ3v) is 2.83. The van der Waals surface area contributed by atoms with Gasteiger partial charge in [-0.25, -0.2) is 4.39 Å². The van der Waals surface area contributed by atoms with Crippen LogP contribution in [0.1, 0.15) is 25.8 Å². The summed E-state index contributed by atoms with van der Waals surface area (Å²) >= 11 is 0.973. The van der Waals surface area contributed by atoms with E-state index in [9.17, 15) is 9.50 Å². The summed E-state index contributed by atoms with van der Waals surface area (Å²) < 4.78 is 13.1. The molecule has 4 heteroatoms. The van der Waals surface area contributed by atoms with E-state index in [2.05, 4.69) is 0 Å². The van der Waals surface area contributed by atoms with Gasteiger partial charge < -0.3 is 5.11 Å². The molecule has 0 bridgehead atoms. The molecule has 1 unspecified atom stereocenters. The summed E-state index contributed by atoms with van der Waals surface area (Å²) in [6.07, 6.45) is 0.533.